The molecule has 0 unspecified atom stereocenters. The predicted molar refractivity (Wildman–Crippen MR) is 117 cm³/mol. The van der Waals surface area contributed by atoms with E-state index in [-0.39, 0.29) is 0 Å². The van der Waals surface area contributed by atoms with E-state index in [1.54, 1.807) is 11.8 Å². The van der Waals surface area contributed by atoms with E-state index < -0.39 is 0 Å². The van der Waals surface area contributed by atoms with Gasteiger partial charge >= 0.3 is 0 Å². The van der Waals surface area contributed by atoms with Crippen LogP contribution < -0.4 is 0 Å². The zero-order valence-electron chi connectivity index (χ0n) is 15.6. The first kappa shape index (κ1) is 17.6. The molecule has 0 aliphatic heterocycles. The van der Waals surface area contributed by atoms with E-state index in [9.17, 15) is 0 Å². The zero-order chi connectivity index (χ0) is 18.6. The van der Waals surface area contributed by atoms with Crippen molar-refractivity contribution in [3.05, 3.63) is 108 Å². The van der Waals surface area contributed by atoms with E-state index in [2.05, 4.69) is 111 Å². The van der Waals surface area contributed by atoms with Gasteiger partial charge in [0, 0.05) is 9.79 Å². The Morgan fingerprint density at radius 3 is 1.70 bits per heavy atom. The minimum atomic E-state index is 1.26. The van der Waals surface area contributed by atoms with E-state index in [1.807, 2.05) is 0 Å². The van der Waals surface area contributed by atoms with E-state index >= 15 is 0 Å². The summed E-state index contributed by atoms with van der Waals surface area (Å²) in [5.74, 6) is 0. The Balaban J connectivity index is 1.54. The maximum atomic E-state index is 2.27. The molecule has 0 atom stereocenters. The second-order valence-electron chi connectivity index (χ2n) is 6.89. The highest BCUT2D eigenvalue weighted by Gasteiger charge is 2.03. The SMILES string of the molecule is Cc1ccc(-c2cccc(Sc3ccc(-c4cccc(C)c4)cc3)c2)cc1. The fraction of sp³-hybridized carbons (Fsp3) is 0.0769. The molecule has 0 aliphatic carbocycles. The molecule has 4 aromatic carbocycles. The van der Waals surface area contributed by atoms with Crippen LogP contribution in [-0.4, -0.2) is 0 Å². The predicted octanol–water partition coefficient (Wildman–Crippen LogP) is 7.79. The topological polar surface area (TPSA) is 0 Å². The molecule has 1 heteroatoms. The molecule has 0 saturated carbocycles. The summed E-state index contributed by atoms with van der Waals surface area (Å²) in [6, 6.07) is 35.0. The summed E-state index contributed by atoms with van der Waals surface area (Å²) >= 11 is 1.81. The van der Waals surface area contributed by atoms with E-state index in [4.69, 9.17) is 0 Å². The standard InChI is InChI=1S/C26H22S/c1-19-9-11-21(12-10-19)24-7-4-8-26(18-24)27-25-15-13-22(14-16-25)23-6-3-5-20(2)17-23/h3-18H,1-2H3. The Labute approximate surface area is 165 Å². The molecular weight excluding hydrogens is 344 g/mol. The van der Waals surface area contributed by atoms with Crippen LogP contribution in [-0.2, 0) is 0 Å². The van der Waals surface area contributed by atoms with Crippen molar-refractivity contribution in [2.24, 2.45) is 0 Å². The molecule has 0 fully saturated rings. The molecule has 0 nitrogen and oxygen atoms in total. The molecule has 4 rings (SSSR count). The number of hydrogen-bond acceptors (Lipinski definition) is 1. The lowest BCUT2D eigenvalue weighted by Crippen LogP contribution is -1.81. The van der Waals surface area contributed by atoms with Crippen molar-refractivity contribution >= 4 is 11.8 Å². The van der Waals surface area contributed by atoms with Crippen LogP contribution in [0.5, 0.6) is 0 Å². The number of benzene rings is 4. The molecule has 0 heterocycles. The van der Waals surface area contributed by atoms with Crippen LogP contribution in [0.4, 0.5) is 0 Å². The highest BCUT2D eigenvalue weighted by molar-refractivity contribution is 7.99. The second-order valence-corrected chi connectivity index (χ2v) is 8.04. The highest BCUT2D eigenvalue weighted by atomic mass is 32.2. The van der Waals surface area contributed by atoms with Gasteiger partial charge in [0.1, 0.15) is 0 Å². The summed E-state index contributed by atoms with van der Waals surface area (Å²) in [5, 5.41) is 0. The third-order valence-electron chi connectivity index (χ3n) is 4.66. The summed E-state index contributed by atoms with van der Waals surface area (Å²) in [5.41, 5.74) is 7.63. The van der Waals surface area contributed by atoms with Crippen LogP contribution in [0.25, 0.3) is 22.3 Å². The molecule has 132 valence electrons. The summed E-state index contributed by atoms with van der Waals surface area (Å²) in [4.78, 5) is 2.52. The Morgan fingerprint density at radius 2 is 1.04 bits per heavy atom. The van der Waals surface area contributed by atoms with Gasteiger partial charge in [-0.15, -0.1) is 0 Å². The van der Waals surface area contributed by atoms with Crippen LogP contribution in [0.1, 0.15) is 11.1 Å². The molecular formula is C26H22S. The van der Waals surface area contributed by atoms with E-state index in [1.165, 1.54) is 43.2 Å². The smallest absolute Gasteiger partial charge is 0.0128 e. The second kappa shape index (κ2) is 7.85. The molecule has 27 heavy (non-hydrogen) atoms. The fourth-order valence-electron chi connectivity index (χ4n) is 3.16. The normalized spacial score (nSPS) is 10.7. The van der Waals surface area contributed by atoms with Gasteiger partial charge < -0.3 is 0 Å². The van der Waals surface area contributed by atoms with Gasteiger partial charge in [-0.25, -0.2) is 0 Å². The Kier molecular flexibility index (Phi) is 5.13. The van der Waals surface area contributed by atoms with E-state index in [0.29, 0.717) is 0 Å². The van der Waals surface area contributed by atoms with Gasteiger partial charge in [0.05, 0.1) is 0 Å². The maximum absolute atomic E-state index is 2.27. The first-order valence-corrected chi connectivity index (χ1v) is 10.0. The van der Waals surface area contributed by atoms with Gasteiger partial charge in [0.2, 0.25) is 0 Å². The minimum absolute atomic E-state index is 1.26. The van der Waals surface area contributed by atoms with Gasteiger partial charge in [-0.1, -0.05) is 95.7 Å². The number of aryl methyl sites for hydroxylation is 2. The monoisotopic (exact) mass is 366 g/mol. The van der Waals surface area contributed by atoms with Crippen molar-refractivity contribution in [3.63, 3.8) is 0 Å². The molecule has 0 spiro atoms. The lowest BCUT2D eigenvalue weighted by Gasteiger charge is -2.08. The number of hydrogen-bond donors (Lipinski definition) is 0. The largest absolute Gasteiger partial charge is 0.0901 e. The van der Waals surface area contributed by atoms with Gasteiger partial charge in [0.25, 0.3) is 0 Å². The molecule has 0 aromatic heterocycles. The Bertz CT molecular complexity index is 1040. The van der Waals surface area contributed by atoms with Crippen molar-refractivity contribution in [2.45, 2.75) is 23.6 Å². The lowest BCUT2D eigenvalue weighted by molar-refractivity contribution is 1.39. The third kappa shape index (κ3) is 4.32. The first-order chi connectivity index (χ1) is 13.2. The van der Waals surface area contributed by atoms with E-state index in [0.717, 1.165) is 0 Å². The van der Waals surface area contributed by atoms with Crippen LogP contribution in [0.3, 0.4) is 0 Å². The third-order valence-corrected chi connectivity index (χ3v) is 5.66. The van der Waals surface area contributed by atoms with Crippen molar-refractivity contribution < 1.29 is 0 Å². The number of rotatable bonds is 4. The molecule has 0 amide bonds. The molecule has 0 radical (unpaired) electrons. The van der Waals surface area contributed by atoms with Crippen molar-refractivity contribution in [2.75, 3.05) is 0 Å². The quantitative estimate of drug-likeness (QED) is 0.355. The maximum Gasteiger partial charge on any atom is 0.0128 e. The summed E-state index contributed by atoms with van der Waals surface area (Å²) in [7, 11) is 0. The first-order valence-electron chi connectivity index (χ1n) is 9.19. The summed E-state index contributed by atoms with van der Waals surface area (Å²) < 4.78 is 0. The molecule has 0 bridgehead atoms. The highest BCUT2D eigenvalue weighted by Crippen LogP contribution is 2.32. The van der Waals surface area contributed by atoms with Crippen LogP contribution in [0.2, 0.25) is 0 Å². The molecule has 0 N–H and O–H groups in total. The summed E-state index contributed by atoms with van der Waals surface area (Å²) in [6.07, 6.45) is 0. The average Bonchev–Trinajstić information content (AvgIpc) is 2.69. The van der Waals surface area contributed by atoms with Gasteiger partial charge in [0.15, 0.2) is 0 Å². The van der Waals surface area contributed by atoms with Gasteiger partial charge in [-0.05, 0) is 60.4 Å². The summed E-state index contributed by atoms with van der Waals surface area (Å²) in [6.45, 7) is 4.26. The van der Waals surface area contributed by atoms with Gasteiger partial charge in [-0.3, -0.25) is 0 Å². The van der Waals surface area contributed by atoms with Crippen LogP contribution >= 0.6 is 11.8 Å². The molecule has 0 aliphatic rings. The Morgan fingerprint density at radius 1 is 0.444 bits per heavy atom. The van der Waals surface area contributed by atoms with Crippen LogP contribution in [0.15, 0.2) is 107 Å². The molecule has 4 aromatic rings. The van der Waals surface area contributed by atoms with Crippen molar-refractivity contribution in [1.29, 1.82) is 0 Å². The zero-order valence-corrected chi connectivity index (χ0v) is 16.5. The van der Waals surface area contributed by atoms with Crippen molar-refractivity contribution in [3.8, 4) is 22.3 Å². The minimum Gasteiger partial charge on any atom is -0.0901 e. The Hall–Kier alpha value is -2.77. The molecule has 0 saturated heterocycles. The average molecular weight is 367 g/mol. The lowest BCUT2D eigenvalue weighted by atomic mass is 10.0. The van der Waals surface area contributed by atoms with Crippen LogP contribution in [0, 0.1) is 13.8 Å². The van der Waals surface area contributed by atoms with Gasteiger partial charge in [-0.2, -0.15) is 0 Å². The van der Waals surface area contributed by atoms with Crippen molar-refractivity contribution in [1.82, 2.24) is 0 Å². The fourth-order valence-corrected chi connectivity index (χ4v) is 4.04.